The Morgan fingerprint density at radius 1 is 1.14 bits per heavy atom. The van der Waals surface area contributed by atoms with Crippen LogP contribution in [0.1, 0.15) is 37.2 Å². The Balaban J connectivity index is 2.19. The molecule has 21 heavy (non-hydrogen) atoms. The van der Waals surface area contributed by atoms with Crippen LogP contribution >= 0.6 is 0 Å². The molecule has 0 heterocycles. The average Bonchev–Trinajstić information content (AvgIpc) is 2.51. The van der Waals surface area contributed by atoms with Gasteiger partial charge in [0.05, 0.1) is 0 Å². The highest BCUT2D eigenvalue weighted by Gasteiger charge is 2.21. The zero-order valence-electron chi connectivity index (χ0n) is 12.9. The molecule has 0 aliphatic heterocycles. The molecular weight excluding hydrogens is 268 g/mol. The van der Waals surface area contributed by atoms with E-state index in [2.05, 4.69) is 12.6 Å². The summed E-state index contributed by atoms with van der Waals surface area (Å²) in [6, 6.07) is 5.95. The molecule has 2 rings (SSSR count). The zero-order chi connectivity index (χ0) is 15.1. The van der Waals surface area contributed by atoms with Crippen LogP contribution < -0.4 is 9.47 Å². The summed E-state index contributed by atoms with van der Waals surface area (Å²) in [6.45, 7) is 4.59. The van der Waals surface area contributed by atoms with Gasteiger partial charge >= 0.3 is 0 Å². The summed E-state index contributed by atoms with van der Waals surface area (Å²) in [5.74, 6) is 2.03. The third kappa shape index (κ3) is 4.48. The Morgan fingerprint density at radius 2 is 1.90 bits per heavy atom. The summed E-state index contributed by atoms with van der Waals surface area (Å²) in [6.07, 6.45) is 4.52. The average molecular weight is 292 g/mol. The largest absolute Gasteiger partial charge is 0.467 e. The number of methoxy groups -OCH3 is 2. The van der Waals surface area contributed by atoms with Gasteiger partial charge < -0.3 is 18.9 Å². The van der Waals surface area contributed by atoms with Crippen molar-refractivity contribution in [2.45, 2.75) is 31.6 Å². The van der Waals surface area contributed by atoms with Crippen molar-refractivity contribution in [2.24, 2.45) is 0 Å². The van der Waals surface area contributed by atoms with Gasteiger partial charge in [0.1, 0.15) is 11.5 Å². The summed E-state index contributed by atoms with van der Waals surface area (Å²) < 4.78 is 21.2. The Morgan fingerprint density at radius 3 is 2.62 bits per heavy atom. The molecule has 1 unspecified atom stereocenters. The first-order valence-corrected chi connectivity index (χ1v) is 7.28. The maximum Gasteiger partial charge on any atom is 0.188 e. The van der Waals surface area contributed by atoms with Gasteiger partial charge in [0.15, 0.2) is 13.6 Å². The van der Waals surface area contributed by atoms with E-state index in [1.54, 1.807) is 14.2 Å². The van der Waals surface area contributed by atoms with Crippen molar-refractivity contribution >= 4 is 0 Å². The summed E-state index contributed by atoms with van der Waals surface area (Å²) in [5.41, 5.74) is 2.53. The van der Waals surface area contributed by atoms with Crippen molar-refractivity contribution in [1.29, 1.82) is 0 Å². The quantitative estimate of drug-likeness (QED) is 0.565. The molecule has 1 saturated carbocycles. The minimum absolute atomic E-state index is 0.225. The van der Waals surface area contributed by atoms with Gasteiger partial charge in [-0.2, -0.15) is 0 Å². The molecular formula is C17H24O4. The van der Waals surface area contributed by atoms with Crippen molar-refractivity contribution in [3.63, 3.8) is 0 Å². The number of rotatable bonds is 7. The molecule has 0 amide bonds. The predicted octanol–water partition coefficient (Wildman–Crippen LogP) is 3.87. The van der Waals surface area contributed by atoms with Crippen LogP contribution in [0, 0.1) is 0 Å². The van der Waals surface area contributed by atoms with Crippen molar-refractivity contribution in [3.05, 3.63) is 35.9 Å². The van der Waals surface area contributed by atoms with E-state index in [0.717, 1.165) is 24.3 Å². The molecule has 4 nitrogen and oxygen atoms in total. The van der Waals surface area contributed by atoms with E-state index in [0.29, 0.717) is 5.92 Å². The fourth-order valence-electron chi connectivity index (χ4n) is 2.73. The number of hydrogen-bond donors (Lipinski definition) is 0. The molecule has 4 heteroatoms. The molecule has 0 aromatic heterocycles. The topological polar surface area (TPSA) is 36.9 Å². The Bertz CT molecular complexity index is 470. The monoisotopic (exact) mass is 292 g/mol. The lowest BCUT2D eigenvalue weighted by atomic mass is 9.81. The van der Waals surface area contributed by atoms with Gasteiger partial charge in [0.25, 0.3) is 0 Å². The van der Waals surface area contributed by atoms with Crippen LogP contribution in [0.3, 0.4) is 0 Å². The number of ether oxygens (including phenoxy) is 4. The highest BCUT2D eigenvalue weighted by molar-refractivity contribution is 5.43. The van der Waals surface area contributed by atoms with E-state index in [-0.39, 0.29) is 13.6 Å². The molecule has 1 aliphatic rings. The molecule has 0 spiro atoms. The third-order valence-corrected chi connectivity index (χ3v) is 3.72. The maximum atomic E-state index is 5.72. The Labute approximate surface area is 126 Å². The highest BCUT2D eigenvalue weighted by atomic mass is 16.7. The standard InChI is InChI=1S/C17H24O4/c1-13-5-4-6-14(9-13)16-8-7-15(20-11-18-2)10-17(16)21-12-19-3/h7-8,10,14H,1,4-6,9,11-12H2,2-3H3. The van der Waals surface area contributed by atoms with E-state index in [4.69, 9.17) is 18.9 Å². The lowest BCUT2D eigenvalue weighted by Crippen LogP contribution is -2.10. The molecule has 1 atom stereocenters. The number of allylic oxidation sites excluding steroid dienone is 1. The zero-order valence-corrected chi connectivity index (χ0v) is 12.9. The third-order valence-electron chi connectivity index (χ3n) is 3.72. The van der Waals surface area contributed by atoms with Crippen LogP contribution in [-0.2, 0) is 9.47 Å². The number of hydrogen-bond acceptors (Lipinski definition) is 4. The number of benzene rings is 1. The van der Waals surface area contributed by atoms with Crippen molar-refractivity contribution in [1.82, 2.24) is 0 Å². The first-order chi connectivity index (χ1) is 10.2. The molecule has 1 aromatic rings. The molecule has 1 aliphatic carbocycles. The van der Waals surface area contributed by atoms with Gasteiger partial charge in [-0.15, -0.1) is 0 Å². The summed E-state index contributed by atoms with van der Waals surface area (Å²) in [5, 5.41) is 0. The van der Waals surface area contributed by atoms with Gasteiger partial charge in [0.2, 0.25) is 0 Å². The fraction of sp³-hybridized carbons (Fsp3) is 0.529. The van der Waals surface area contributed by atoms with E-state index in [1.807, 2.05) is 12.1 Å². The molecule has 1 fully saturated rings. The smallest absolute Gasteiger partial charge is 0.188 e. The first-order valence-electron chi connectivity index (χ1n) is 7.28. The minimum Gasteiger partial charge on any atom is -0.467 e. The molecule has 0 bridgehead atoms. The van der Waals surface area contributed by atoms with Gasteiger partial charge in [-0.25, -0.2) is 0 Å². The summed E-state index contributed by atoms with van der Waals surface area (Å²) >= 11 is 0. The molecule has 0 N–H and O–H groups in total. The van der Waals surface area contributed by atoms with Crippen molar-refractivity contribution in [3.8, 4) is 11.5 Å². The molecule has 0 radical (unpaired) electrons. The SMILES string of the molecule is C=C1CCCC(c2ccc(OCOC)cc2OCOC)C1. The maximum absolute atomic E-state index is 5.72. The van der Waals surface area contributed by atoms with Crippen LogP contribution in [0.4, 0.5) is 0 Å². The van der Waals surface area contributed by atoms with Gasteiger partial charge in [-0.05, 0) is 43.2 Å². The summed E-state index contributed by atoms with van der Waals surface area (Å²) in [7, 11) is 3.22. The van der Waals surface area contributed by atoms with Gasteiger partial charge in [-0.1, -0.05) is 18.2 Å². The molecule has 116 valence electrons. The first kappa shape index (κ1) is 15.9. The van der Waals surface area contributed by atoms with Crippen LogP contribution in [-0.4, -0.2) is 27.8 Å². The van der Waals surface area contributed by atoms with E-state index < -0.39 is 0 Å². The lowest BCUT2D eigenvalue weighted by molar-refractivity contribution is 0.0453. The van der Waals surface area contributed by atoms with Gasteiger partial charge in [0, 0.05) is 20.3 Å². The Kier molecular flexibility index (Phi) is 6.08. The van der Waals surface area contributed by atoms with Gasteiger partial charge in [-0.3, -0.25) is 0 Å². The second kappa shape index (κ2) is 8.05. The summed E-state index contributed by atoms with van der Waals surface area (Å²) in [4.78, 5) is 0. The van der Waals surface area contributed by atoms with Crippen LogP contribution in [0.15, 0.2) is 30.4 Å². The van der Waals surface area contributed by atoms with E-state index in [9.17, 15) is 0 Å². The van der Waals surface area contributed by atoms with Crippen LogP contribution in [0.25, 0.3) is 0 Å². The van der Waals surface area contributed by atoms with Crippen LogP contribution in [0.5, 0.6) is 11.5 Å². The van der Waals surface area contributed by atoms with Crippen molar-refractivity contribution < 1.29 is 18.9 Å². The second-order valence-electron chi connectivity index (χ2n) is 5.34. The highest BCUT2D eigenvalue weighted by Crippen LogP contribution is 2.40. The van der Waals surface area contributed by atoms with E-state index >= 15 is 0 Å². The minimum atomic E-state index is 0.225. The fourth-order valence-corrected chi connectivity index (χ4v) is 2.73. The Hall–Kier alpha value is -1.52. The predicted molar refractivity (Wildman–Crippen MR) is 81.8 cm³/mol. The van der Waals surface area contributed by atoms with Crippen molar-refractivity contribution in [2.75, 3.05) is 27.8 Å². The second-order valence-corrected chi connectivity index (χ2v) is 5.34. The molecule has 0 saturated heterocycles. The van der Waals surface area contributed by atoms with Crippen LogP contribution in [0.2, 0.25) is 0 Å². The lowest BCUT2D eigenvalue weighted by Gasteiger charge is -2.26. The molecule has 1 aromatic carbocycles. The normalized spacial score (nSPS) is 18.6. The van der Waals surface area contributed by atoms with E-state index in [1.165, 1.54) is 24.0 Å².